The molecule has 1 N–H and O–H groups in total. The zero-order valence-corrected chi connectivity index (χ0v) is 17.4. The second-order valence-corrected chi connectivity index (χ2v) is 8.22. The second kappa shape index (κ2) is 9.88. The van der Waals surface area contributed by atoms with Crippen molar-refractivity contribution in [3.05, 3.63) is 65.7 Å². The van der Waals surface area contributed by atoms with E-state index in [9.17, 15) is 18.0 Å². The van der Waals surface area contributed by atoms with E-state index in [1.54, 1.807) is 68.5 Å². The highest BCUT2D eigenvalue weighted by Crippen LogP contribution is 2.22. The number of carbonyl (C=O) groups excluding carboxylic acids is 2. The van der Waals surface area contributed by atoms with E-state index in [2.05, 4.69) is 5.32 Å². The molecule has 0 bridgehead atoms. The Bertz CT molecular complexity index is 998. The van der Waals surface area contributed by atoms with Crippen molar-refractivity contribution in [3.8, 4) is 0 Å². The summed E-state index contributed by atoms with van der Waals surface area (Å²) in [5.74, 6) is -0.893. The lowest BCUT2D eigenvalue weighted by molar-refractivity contribution is -0.137. The van der Waals surface area contributed by atoms with Gasteiger partial charge in [0, 0.05) is 11.8 Å². The molecule has 0 spiro atoms. The van der Waals surface area contributed by atoms with Gasteiger partial charge in [0.2, 0.25) is 15.9 Å². The fourth-order valence-corrected chi connectivity index (χ4v) is 3.50. The van der Waals surface area contributed by atoms with Gasteiger partial charge in [0.1, 0.15) is 6.54 Å². The quantitative estimate of drug-likeness (QED) is 0.528. The molecular formula is C21H24N2O5S. The van der Waals surface area contributed by atoms with E-state index in [1.807, 2.05) is 0 Å². The van der Waals surface area contributed by atoms with E-state index >= 15 is 0 Å². The molecule has 29 heavy (non-hydrogen) atoms. The molecule has 0 saturated heterocycles. The van der Waals surface area contributed by atoms with E-state index in [0.29, 0.717) is 18.0 Å². The highest BCUT2D eigenvalue weighted by atomic mass is 32.2. The Balaban J connectivity index is 2.07. The van der Waals surface area contributed by atoms with Crippen LogP contribution < -0.4 is 9.62 Å². The van der Waals surface area contributed by atoms with Crippen LogP contribution in [0.2, 0.25) is 0 Å². The predicted molar refractivity (Wildman–Crippen MR) is 114 cm³/mol. The van der Waals surface area contributed by atoms with Crippen LogP contribution >= 0.6 is 0 Å². The van der Waals surface area contributed by atoms with Crippen LogP contribution in [0.4, 0.5) is 11.4 Å². The Kier molecular flexibility index (Phi) is 7.55. The molecule has 8 heteroatoms. The number of rotatable bonds is 8. The van der Waals surface area contributed by atoms with Crippen LogP contribution in [0, 0.1) is 6.92 Å². The number of hydrogen-bond donors (Lipinski definition) is 1. The van der Waals surface area contributed by atoms with Crippen molar-refractivity contribution < 1.29 is 22.7 Å². The number of anilines is 2. The van der Waals surface area contributed by atoms with Gasteiger partial charge in [-0.2, -0.15) is 0 Å². The number of benzene rings is 2. The maximum absolute atomic E-state index is 12.4. The highest BCUT2D eigenvalue weighted by molar-refractivity contribution is 7.92. The van der Waals surface area contributed by atoms with Crippen molar-refractivity contribution in [3.63, 3.8) is 0 Å². The number of nitrogens with zero attached hydrogens (tertiary/aromatic N) is 1. The van der Waals surface area contributed by atoms with Gasteiger partial charge in [0.15, 0.2) is 0 Å². The van der Waals surface area contributed by atoms with Gasteiger partial charge in [-0.3, -0.25) is 9.10 Å². The summed E-state index contributed by atoms with van der Waals surface area (Å²) in [6, 6.07) is 13.8. The first kappa shape index (κ1) is 22.2. The van der Waals surface area contributed by atoms with E-state index in [1.165, 1.54) is 6.08 Å². The molecule has 2 aromatic carbocycles. The summed E-state index contributed by atoms with van der Waals surface area (Å²) in [6.45, 7) is 3.48. The van der Waals surface area contributed by atoms with Gasteiger partial charge in [-0.05, 0) is 49.2 Å². The summed E-state index contributed by atoms with van der Waals surface area (Å²) in [5, 5.41) is 2.69. The predicted octanol–water partition coefficient (Wildman–Crippen LogP) is 2.98. The van der Waals surface area contributed by atoms with Crippen LogP contribution in [0.15, 0.2) is 54.6 Å². The molecule has 0 aliphatic rings. The lowest BCUT2D eigenvalue weighted by Crippen LogP contribution is -2.37. The fraction of sp³-hybridized carbons (Fsp3) is 0.238. The van der Waals surface area contributed by atoms with E-state index in [4.69, 9.17) is 4.74 Å². The van der Waals surface area contributed by atoms with Crippen molar-refractivity contribution in [2.75, 3.05) is 29.0 Å². The van der Waals surface area contributed by atoms with Crippen LogP contribution in [-0.4, -0.2) is 39.7 Å². The monoisotopic (exact) mass is 416 g/mol. The SMILES string of the molecule is CCOC(=O)/C=C/c1ccc(NC(=O)CN(c2ccccc2C)S(C)(=O)=O)cc1. The smallest absolute Gasteiger partial charge is 0.330 e. The molecule has 0 atom stereocenters. The van der Waals surface area contributed by atoms with Crippen LogP contribution in [0.1, 0.15) is 18.1 Å². The average molecular weight is 416 g/mol. The maximum Gasteiger partial charge on any atom is 0.330 e. The van der Waals surface area contributed by atoms with Gasteiger partial charge in [-0.25, -0.2) is 13.2 Å². The summed E-state index contributed by atoms with van der Waals surface area (Å²) in [5.41, 5.74) is 2.49. The third kappa shape index (κ3) is 6.76. The number of hydrogen-bond acceptors (Lipinski definition) is 5. The molecule has 0 aliphatic carbocycles. The summed E-state index contributed by atoms with van der Waals surface area (Å²) in [4.78, 5) is 23.8. The first-order valence-corrected chi connectivity index (χ1v) is 10.8. The summed E-state index contributed by atoms with van der Waals surface area (Å²) in [6.07, 6.45) is 3.99. The Morgan fingerprint density at radius 3 is 2.34 bits per heavy atom. The van der Waals surface area contributed by atoms with E-state index in [-0.39, 0.29) is 6.54 Å². The number of sulfonamides is 1. The van der Waals surface area contributed by atoms with Gasteiger partial charge in [-0.15, -0.1) is 0 Å². The van der Waals surface area contributed by atoms with E-state index in [0.717, 1.165) is 21.7 Å². The van der Waals surface area contributed by atoms with Gasteiger partial charge in [-0.1, -0.05) is 30.3 Å². The molecule has 0 radical (unpaired) electrons. The normalized spacial score (nSPS) is 11.3. The minimum Gasteiger partial charge on any atom is -0.463 e. The second-order valence-electron chi connectivity index (χ2n) is 6.31. The third-order valence-electron chi connectivity index (χ3n) is 3.96. The molecule has 154 valence electrons. The Morgan fingerprint density at radius 1 is 1.10 bits per heavy atom. The molecule has 0 aromatic heterocycles. The molecule has 0 saturated carbocycles. The van der Waals surface area contributed by atoms with Crippen molar-refractivity contribution in [2.45, 2.75) is 13.8 Å². The highest BCUT2D eigenvalue weighted by Gasteiger charge is 2.22. The van der Waals surface area contributed by atoms with Crippen molar-refractivity contribution in [1.82, 2.24) is 0 Å². The van der Waals surface area contributed by atoms with Crippen LogP contribution in [0.3, 0.4) is 0 Å². The molecule has 2 aromatic rings. The molecule has 2 rings (SSSR count). The number of amides is 1. The maximum atomic E-state index is 12.4. The standard InChI is InChI=1S/C21H24N2O5S/c1-4-28-21(25)14-11-17-9-12-18(13-10-17)22-20(24)15-23(29(3,26)27)19-8-6-5-7-16(19)2/h5-14H,4,15H2,1-3H3,(H,22,24)/b14-11+. The average Bonchev–Trinajstić information content (AvgIpc) is 2.66. The largest absolute Gasteiger partial charge is 0.463 e. The summed E-state index contributed by atoms with van der Waals surface area (Å²) in [7, 11) is -3.64. The first-order valence-electron chi connectivity index (χ1n) is 8.99. The van der Waals surface area contributed by atoms with Crippen LogP contribution in [-0.2, 0) is 24.3 Å². The van der Waals surface area contributed by atoms with Crippen LogP contribution in [0.5, 0.6) is 0 Å². The van der Waals surface area contributed by atoms with Gasteiger partial charge < -0.3 is 10.1 Å². The minimum atomic E-state index is -3.64. The number of nitrogens with one attached hydrogen (secondary N) is 1. The molecule has 7 nitrogen and oxygen atoms in total. The Morgan fingerprint density at radius 2 is 1.76 bits per heavy atom. The molecule has 0 unspecified atom stereocenters. The molecule has 0 heterocycles. The van der Waals surface area contributed by atoms with Gasteiger partial charge >= 0.3 is 5.97 Å². The van der Waals surface area contributed by atoms with E-state index < -0.39 is 21.9 Å². The third-order valence-corrected chi connectivity index (χ3v) is 5.09. The molecule has 0 fully saturated rings. The minimum absolute atomic E-state index is 0.307. The van der Waals surface area contributed by atoms with Gasteiger partial charge in [0.25, 0.3) is 0 Å². The summed E-state index contributed by atoms with van der Waals surface area (Å²) >= 11 is 0. The number of esters is 1. The molecular weight excluding hydrogens is 392 g/mol. The zero-order chi connectivity index (χ0) is 21.4. The lowest BCUT2D eigenvalue weighted by Gasteiger charge is -2.23. The zero-order valence-electron chi connectivity index (χ0n) is 16.6. The Hall–Kier alpha value is -3.13. The van der Waals surface area contributed by atoms with Gasteiger partial charge in [0.05, 0.1) is 18.6 Å². The van der Waals surface area contributed by atoms with Crippen molar-refractivity contribution >= 4 is 39.4 Å². The number of ether oxygens (including phenoxy) is 1. The Labute approximate surface area is 171 Å². The van der Waals surface area contributed by atoms with Crippen LogP contribution in [0.25, 0.3) is 6.08 Å². The number of para-hydroxylation sites is 1. The molecule has 0 aliphatic heterocycles. The number of carbonyl (C=O) groups is 2. The van der Waals surface area contributed by atoms with Crippen molar-refractivity contribution in [1.29, 1.82) is 0 Å². The summed E-state index contributed by atoms with van der Waals surface area (Å²) < 4.78 is 30.3. The molecule has 1 amide bonds. The fourth-order valence-electron chi connectivity index (χ4n) is 2.59. The first-order chi connectivity index (χ1) is 13.7. The van der Waals surface area contributed by atoms with Crippen molar-refractivity contribution in [2.24, 2.45) is 0 Å². The number of aryl methyl sites for hydroxylation is 1. The topological polar surface area (TPSA) is 92.8 Å². The lowest BCUT2D eigenvalue weighted by atomic mass is 10.2.